The van der Waals surface area contributed by atoms with Gasteiger partial charge >= 0.3 is 0 Å². The minimum atomic E-state index is 0.137. The molecule has 16 heavy (non-hydrogen) atoms. The third-order valence-electron chi connectivity index (χ3n) is 2.29. The minimum Gasteiger partial charge on any atom is -0.476 e. The zero-order chi connectivity index (χ0) is 12.0. The van der Waals surface area contributed by atoms with Gasteiger partial charge in [0, 0.05) is 12.6 Å². The third kappa shape index (κ3) is 3.90. The molecule has 1 aromatic heterocycles. The summed E-state index contributed by atoms with van der Waals surface area (Å²) in [5, 5.41) is 0. The second-order valence-electron chi connectivity index (χ2n) is 3.36. The highest BCUT2D eigenvalue weighted by Crippen LogP contribution is 2.11. The Labute approximate surface area is 95.6 Å². The van der Waals surface area contributed by atoms with Gasteiger partial charge in [-0.15, -0.1) is 0 Å². The van der Waals surface area contributed by atoms with E-state index in [1.165, 1.54) is 0 Å². The molecule has 0 radical (unpaired) electrons. The molecule has 1 heterocycles. The van der Waals surface area contributed by atoms with Crippen molar-refractivity contribution >= 4 is 11.8 Å². The molecule has 0 amide bonds. The summed E-state index contributed by atoms with van der Waals surface area (Å²) < 4.78 is 5.45. The van der Waals surface area contributed by atoms with Gasteiger partial charge in [0.15, 0.2) is 0 Å². The van der Waals surface area contributed by atoms with Gasteiger partial charge < -0.3 is 21.1 Å². The highest BCUT2D eigenvalue weighted by molar-refractivity contribution is 5.38. The fraction of sp³-hybridized carbons (Fsp3) is 0.600. The number of anilines is 2. The Morgan fingerprint density at radius 3 is 2.50 bits per heavy atom. The lowest BCUT2D eigenvalue weighted by molar-refractivity contribution is 0.218. The molecule has 0 aliphatic heterocycles. The first-order chi connectivity index (χ1) is 7.65. The Morgan fingerprint density at radius 2 is 1.94 bits per heavy atom. The van der Waals surface area contributed by atoms with Crippen molar-refractivity contribution in [1.29, 1.82) is 0 Å². The van der Waals surface area contributed by atoms with Gasteiger partial charge in [-0.05, 0) is 13.1 Å². The summed E-state index contributed by atoms with van der Waals surface area (Å²) in [5.74, 6) is 0.889. The third-order valence-corrected chi connectivity index (χ3v) is 2.29. The standard InChI is InChI=1S/C10H19N5O/c1-3-15(4-2)5-6-16-9-7-8(11)13-10(12)14-9/h7H,3-6H2,1-2H3,(H4,11,12,13,14). The van der Waals surface area contributed by atoms with Crippen LogP contribution < -0.4 is 16.2 Å². The lowest BCUT2D eigenvalue weighted by atomic mass is 10.5. The number of hydrogen-bond acceptors (Lipinski definition) is 6. The number of aromatic nitrogens is 2. The Kier molecular flexibility index (Phi) is 4.78. The summed E-state index contributed by atoms with van der Waals surface area (Å²) in [6.45, 7) is 7.67. The molecule has 6 nitrogen and oxygen atoms in total. The number of nitrogens with zero attached hydrogens (tertiary/aromatic N) is 3. The van der Waals surface area contributed by atoms with Gasteiger partial charge in [0.1, 0.15) is 12.4 Å². The summed E-state index contributed by atoms with van der Waals surface area (Å²) in [5.41, 5.74) is 11.0. The van der Waals surface area contributed by atoms with Crippen LogP contribution in [0.1, 0.15) is 13.8 Å². The summed E-state index contributed by atoms with van der Waals surface area (Å²) in [6.07, 6.45) is 0. The lowest BCUT2D eigenvalue weighted by Gasteiger charge is -2.17. The topological polar surface area (TPSA) is 90.3 Å². The van der Waals surface area contributed by atoms with E-state index >= 15 is 0 Å². The molecule has 0 saturated heterocycles. The van der Waals surface area contributed by atoms with Crippen LogP contribution in [0.5, 0.6) is 5.88 Å². The normalized spacial score (nSPS) is 10.7. The molecule has 1 aromatic rings. The van der Waals surface area contributed by atoms with Crippen LogP contribution >= 0.6 is 0 Å². The fourth-order valence-corrected chi connectivity index (χ4v) is 1.35. The smallest absolute Gasteiger partial charge is 0.225 e. The summed E-state index contributed by atoms with van der Waals surface area (Å²) in [4.78, 5) is 9.95. The first-order valence-corrected chi connectivity index (χ1v) is 5.40. The molecule has 0 atom stereocenters. The molecule has 0 aromatic carbocycles. The largest absolute Gasteiger partial charge is 0.476 e. The number of hydrogen-bond donors (Lipinski definition) is 2. The zero-order valence-corrected chi connectivity index (χ0v) is 9.81. The van der Waals surface area contributed by atoms with E-state index in [0.29, 0.717) is 18.3 Å². The fourth-order valence-electron chi connectivity index (χ4n) is 1.35. The van der Waals surface area contributed by atoms with Crippen LogP contribution in [0, 0.1) is 0 Å². The number of rotatable bonds is 6. The number of ether oxygens (including phenoxy) is 1. The predicted octanol–water partition coefficient (Wildman–Crippen LogP) is 0.362. The molecule has 0 aliphatic carbocycles. The second kappa shape index (κ2) is 6.12. The van der Waals surface area contributed by atoms with E-state index in [9.17, 15) is 0 Å². The monoisotopic (exact) mass is 225 g/mol. The van der Waals surface area contributed by atoms with Crippen molar-refractivity contribution in [2.75, 3.05) is 37.7 Å². The molecule has 0 aliphatic rings. The van der Waals surface area contributed by atoms with Crippen molar-refractivity contribution in [3.63, 3.8) is 0 Å². The van der Waals surface area contributed by atoms with Crippen LogP contribution in [-0.2, 0) is 0 Å². The van der Waals surface area contributed by atoms with Crippen LogP contribution in [0.15, 0.2) is 6.07 Å². The van der Waals surface area contributed by atoms with E-state index in [0.717, 1.165) is 19.6 Å². The van der Waals surface area contributed by atoms with Crippen LogP contribution in [-0.4, -0.2) is 41.1 Å². The van der Waals surface area contributed by atoms with E-state index in [1.54, 1.807) is 6.07 Å². The van der Waals surface area contributed by atoms with Crippen molar-refractivity contribution in [2.24, 2.45) is 0 Å². The summed E-state index contributed by atoms with van der Waals surface area (Å²) >= 11 is 0. The Bertz CT molecular complexity index is 307. The molecule has 0 spiro atoms. The molecule has 4 N–H and O–H groups in total. The van der Waals surface area contributed by atoms with Crippen LogP contribution in [0.3, 0.4) is 0 Å². The van der Waals surface area contributed by atoms with Crippen molar-refractivity contribution < 1.29 is 4.74 Å². The average molecular weight is 225 g/mol. The number of likely N-dealkylation sites (N-methyl/N-ethyl adjacent to an activating group) is 1. The first kappa shape index (κ1) is 12.5. The first-order valence-electron chi connectivity index (χ1n) is 5.40. The zero-order valence-electron chi connectivity index (χ0n) is 9.81. The van der Waals surface area contributed by atoms with Crippen LogP contribution in [0.4, 0.5) is 11.8 Å². The maximum absolute atomic E-state index is 5.52. The van der Waals surface area contributed by atoms with Crippen molar-refractivity contribution in [1.82, 2.24) is 14.9 Å². The molecule has 0 fully saturated rings. The van der Waals surface area contributed by atoms with Gasteiger partial charge in [0.25, 0.3) is 0 Å². The molecule has 0 saturated carbocycles. The minimum absolute atomic E-state index is 0.137. The average Bonchev–Trinajstić information content (AvgIpc) is 2.23. The van der Waals surface area contributed by atoms with Gasteiger partial charge in [0.05, 0.1) is 0 Å². The van der Waals surface area contributed by atoms with E-state index in [1.807, 2.05) is 0 Å². The number of nitrogen functional groups attached to an aromatic ring is 2. The molecule has 0 unspecified atom stereocenters. The van der Waals surface area contributed by atoms with Gasteiger partial charge in [-0.3, -0.25) is 0 Å². The number of nitrogens with two attached hydrogens (primary N) is 2. The molecule has 90 valence electrons. The van der Waals surface area contributed by atoms with Crippen LogP contribution in [0.25, 0.3) is 0 Å². The summed E-state index contributed by atoms with van der Waals surface area (Å²) in [7, 11) is 0. The highest BCUT2D eigenvalue weighted by Gasteiger charge is 2.02. The van der Waals surface area contributed by atoms with Crippen molar-refractivity contribution in [2.45, 2.75) is 13.8 Å². The van der Waals surface area contributed by atoms with E-state index in [4.69, 9.17) is 16.2 Å². The van der Waals surface area contributed by atoms with Gasteiger partial charge in [-0.2, -0.15) is 9.97 Å². The van der Waals surface area contributed by atoms with Gasteiger partial charge in [-0.25, -0.2) is 0 Å². The quantitative estimate of drug-likeness (QED) is 0.726. The van der Waals surface area contributed by atoms with E-state index < -0.39 is 0 Å². The molecule has 1 rings (SSSR count). The maximum atomic E-state index is 5.52. The van der Waals surface area contributed by atoms with Crippen molar-refractivity contribution in [3.05, 3.63) is 6.07 Å². The molecule has 6 heteroatoms. The SMILES string of the molecule is CCN(CC)CCOc1cc(N)nc(N)n1. The Hall–Kier alpha value is -1.56. The van der Waals surface area contributed by atoms with E-state index in [-0.39, 0.29) is 5.95 Å². The van der Waals surface area contributed by atoms with Gasteiger partial charge in [0.2, 0.25) is 11.8 Å². The van der Waals surface area contributed by atoms with Crippen LogP contribution in [0.2, 0.25) is 0 Å². The molecular formula is C10H19N5O. The maximum Gasteiger partial charge on any atom is 0.225 e. The van der Waals surface area contributed by atoms with Gasteiger partial charge in [-0.1, -0.05) is 13.8 Å². The Morgan fingerprint density at radius 1 is 1.25 bits per heavy atom. The Balaban J connectivity index is 2.42. The van der Waals surface area contributed by atoms with E-state index in [2.05, 4.69) is 28.7 Å². The predicted molar refractivity (Wildman–Crippen MR) is 64.1 cm³/mol. The second-order valence-corrected chi connectivity index (χ2v) is 3.36. The molecule has 0 bridgehead atoms. The highest BCUT2D eigenvalue weighted by atomic mass is 16.5. The summed E-state index contributed by atoms with van der Waals surface area (Å²) in [6, 6.07) is 1.57. The lowest BCUT2D eigenvalue weighted by Crippen LogP contribution is -2.28. The van der Waals surface area contributed by atoms with Crippen molar-refractivity contribution in [3.8, 4) is 5.88 Å². The molecular weight excluding hydrogens is 206 g/mol.